The summed E-state index contributed by atoms with van der Waals surface area (Å²) in [5, 5.41) is 0.696. The molecule has 0 aliphatic heterocycles. The van der Waals surface area contributed by atoms with Gasteiger partial charge in [-0.05, 0) is 42.3 Å². The van der Waals surface area contributed by atoms with Gasteiger partial charge in [-0.2, -0.15) is 0 Å². The second-order valence-corrected chi connectivity index (χ2v) is 5.80. The molecule has 0 spiro atoms. The van der Waals surface area contributed by atoms with Crippen molar-refractivity contribution >= 4 is 34.2 Å². The third-order valence-corrected chi connectivity index (χ3v) is 4.01. The van der Waals surface area contributed by atoms with E-state index in [1.807, 2.05) is 36.7 Å². The molecule has 2 heterocycles. The smallest absolute Gasteiger partial charge is 0.111 e. The lowest BCUT2D eigenvalue weighted by molar-refractivity contribution is 0.748. The lowest BCUT2D eigenvalue weighted by atomic mass is 10.1. The van der Waals surface area contributed by atoms with Gasteiger partial charge in [-0.1, -0.05) is 11.6 Å². The molecule has 0 saturated carbocycles. The first-order valence-corrected chi connectivity index (χ1v) is 7.70. The summed E-state index contributed by atoms with van der Waals surface area (Å²) >= 11 is 12.0. The Morgan fingerprint density at radius 1 is 1.24 bits per heavy atom. The second-order valence-electron chi connectivity index (χ2n) is 4.99. The number of imidazole rings is 1. The summed E-state index contributed by atoms with van der Waals surface area (Å²) in [6, 6.07) is 7.81. The van der Waals surface area contributed by atoms with E-state index < -0.39 is 0 Å². The van der Waals surface area contributed by atoms with E-state index in [0.717, 1.165) is 29.8 Å². The molecule has 3 aromatic rings. The first kappa shape index (κ1) is 14.4. The third kappa shape index (κ3) is 2.89. The maximum Gasteiger partial charge on any atom is 0.111 e. The number of aromatic nitrogens is 3. The fourth-order valence-corrected chi connectivity index (χ4v) is 2.77. The lowest BCUT2D eigenvalue weighted by Gasteiger charge is -2.10. The number of alkyl halides is 1. The van der Waals surface area contributed by atoms with Crippen molar-refractivity contribution in [3.63, 3.8) is 0 Å². The zero-order valence-corrected chi connectivity index (χ0v) is 13.2. The van der Waals surface area contributed by atoms with E-state index in [0.29, 0.717) is 10.9 Å². The molecule has 3 rings (SSSR count). The van der Waals surface area contributed by atoms with Crippen LogP contribution in [0.3, 0.4) is 0 Å². The number of halogens is 2. The first-order chi connectivity index (χ1) is 10.2. The number of aryl methyl sites for hydroxylation is 2. The van der Waals surface area contributed by atoms with E-state index in [-0.39, 0.29) is 0 Å². The van der Waals surface area contributed by atoms with E-state index in [9.17, 15) is 0 Å². The average Bonchev–Trinajstić information content (AvgIpc) is 2.79. The Kier molecular flexibility index (Phi) is 4.13. The van der Waals surface area contributed by atoms with Crippen molar-refractivity contribution in [3.8, 4) is 0 Å². The Bertz CT molecular complexity index is 780. The molecule has 1 aromatic carbocycles. The number of benzene rings is 1. The molecular weight excluding hydrogens is 305 g/mol. The van der Waals surface area contributed by atoms with Crippen LogP contribution >= 0.6 is 23.2 Å². The van der Waals surface area contributed by atoms with Crippen LogP contribution in [0.1, 0.15) is 17.0 Å². The summed E-state index contributed by atoms with van der Waals surface area (Å²) in [5.41, 5.74) is 4.38. The normalized spacial score (nSPS) is 11.2. The van der Waals surface area contributed by atoms with Gasteiger partial charge in [-0.25, -0.2) is 4.98 Å². The Morgan fingerprint density at radius 3 is 2.86 bits per heavy atom. The van der Waals surface area contributed by atoms with Crippen LogP contribution in [0.15, 0.2) is 36.7 Å². The molecule has 5 heteroatoms. The SMILES string of the molecule is Cc1ccncc1Cn1c(CCCl)nc2cc(Cl)ccc21. The van der Waals surface area contributed by atoms with Crippen molar-refractivity contribution in [3.05, 3.63) is 58.6 Å². The minimum absolute atomic E-state index is 0.545. The summed E-state index contributed by atoms with van der Waals surface area (Å²) in [4.78, 5) is 8.88. The fraction of sp³-hybridized carbons (Fsp3) is 0.250. The van der Waals surface area contributed by atoms with Gasteiger partial charge in [-0.3, -0.25) is 4.98 Å². The molecule has 0 amide bonds. The molecule has 0 N–H and O–H groups in total. The minimum Gasteiger partial charge on any atom is -0.323 e. The van der Waals surface area contributed by atoms with Gasteiger partial charge in [0.05, 0.1) is 17.6 Å². The number of hydrogen-bond acceptors (Lipinski definition) is 2. The van der Waals surface area contributed by atoms with Crippen LogP contribution in [0, 0.1) is 6.92 Å². The standard InChI is InChI=1S/C16H15Cl2N3/c1-11-5-7-19-9-12(11)10-21-15-3-2-13(18)8-14(15)20-16(21)4-6-17/h2-3,5,7-9H,4,6,10H2,1H3. The molecule has 21 heavy (non-hydrogen) atoms. The Morgan fingerprint density at radius 2 is 2.10 bits per heavy atom. The van der Waals surface area contributed by atoms with Crippen molar-refractivity contribution in [1.29, 1.82) is 0 Å². The largest absolute Gasteiger partial charge is 0.323 e. The molecule has 0 aliphatic rings. The second kappa shape index (κ2) is 6.04. The van der Waals surface area contributed by atoms with Crippen molar-refractivity contribution in [1.82, 2.24) is 14.5 Å². The molecule has 0 fully saturated rings. The maximum atomic E-state index is 6.06. The van der Waals surface area contributed by atoms with Crippen molar-refractivity contribution < 1.29 is 0 Å². The fourth-order valence-electron chi connectivity index (χ4n) is 2.44. The Labute approximate surface area is 133 Å². The van der Waals surface area contributed by atoms with Gasteiger partial charge in [0.25, 0.3) is 0 Å². The van der Waals surface area contributed by atoms with Gasteiger partial charge in [0.2, 0.25) is 0 Å². The van der Waals surface area contributed by atoms with Crippen LogP contribution in [0.2, 0.25) is 5.02 Å². The minimum atomic E-state index is 0.545. The molecule has 0 saturated heterocycles. The molecule has 0 atom stereocenters. The Balaban J connectivity index is 2.11. The van der Waals surface area contributed by atoms with E-state index in [1.165, 1.54) is 11.1 Å². The molecule has 3 nitrogen and oxygen atoms in total. The number of fused-ring (bicyclic) bond motifs is 1. The third-order valence-electron chi connectivity index (χ3n) is 3.58. The Hall–Kier alpha value is -1.58. The van der Waals surface area contributed by atoms with Gasteiger partial charge in [0, 0.05) is 29.7 Å². The van der Waals surface area contributed by atoms with Crippen molar-refractivity contribution in [2.75, 3.05) is 5.88 Å². The molecule has 108 valence electrons. The van der Waals surface area contributed by atoms with Crippen molar-refractivity contribution in [2.45, 2.75) is 19.9 Å². The topological polar surface area (TPSA) is 30.7 Å². The number of hydrogen-bond donors (Lipinski definition) is 0. The highest BCUT2D eigenvalue weighted by molar-refractivity contribution is 6.31. The summed E-state index contributed by atoms with van der Waals surface area (Å²) in [6.45, 7) is 2.83. The van der Waals surface area contributed by atoms with Crippen LogP contribution < -0.4 is 0 Å². The van der Waals surface area contributed by atoms with Crippen molar-refractivity contribution in [2.24, 2.45) is 0 Å². The van der Waals surface area contributed by atoms with Gasteiger partial charge in [-0.15, -0.1) is 11.6 Å². The van der Waals surface area contributed by atoms with Gasteiger partial charge < -0.3 is 4.57 Å². The van der Waals surface area contributed by atoms with Crippen LogP contribution in [0.5, 0.6) is 0 Å². The molecule has 0 radical (unpaired) electrons. The van der Waals surface area contributed by atoms with E-state index in [1.54, 1.807) is 0 Å². The maximum absolute atomic E-state index is 6.06. The van der Waals surface area contributed by atoms with Crippen LogP contribution in [-0.4, -0.2) is 20.4 Å². The zero-order chi connectivity index (χ0) is 14.8. The predicted octanol–water partition coefficient (Wildman–Crippen LogP) is 4.22. The van der Waals surface area contributed by atoms with E-state index in [2.05, 4.69) is 21.5 Å². The zero-order valence-electron chi connectivity index (χ0n) is 11.7. The quantitative estimate of drug-likeness (QED) is 0.674. The van der Waals surface area contributed by atoms with E-state index in [4.69, 9.17) is 23.2 Å². The monoisotopic (exact) mass is 319 g/mol. The highest BCUT2D eigenvalue weighted by Gasteiger charge is 2.12. The summed E-state index contributed by atoms with van der Waals surface area (Å²) in [5.74, 6) is 1.52. The molecular formula is C16H15Cl2N3. The molecule has 0 bridgehead atoms. The molecule has 0 unspecified atom stereocenters. The number of pyridine rings is 1. The predicted molar refractivity (Wildman–Crippen MR) is 87.2 cm³/mol. The summed E-state index contributed by atoms with van der Waals surface area (Å²) in [6.07, 6.45) is 4.44. The number of rotatable bonds is 4. The van der Waals surface area contributed by atoms with Crippen LogP contribution in [0.4, 0.5) is 0 Å². The first-order valence-electron chi connectivity index (χ1n) is 6.79. The average molecular weight is 320 g/mol. The van der Waals surface area contributed by atoms with E-state index >= 15 is 0 Å². The summed E-state index contributed by atoms with van der Waals surface area (Å²) in [7, 11) is 0. The molecule has 2 aromatic heterocycles. The highest BCUT2D eigenvalue weighted by atomic mass is 35.5. The lowest BCUT2D eigenvalue weighted by Crippen LogP contribution is -2.07. The number of nitrogens with zero attached hydrogens (tertiary/aromatic N) is 3. The summed E-state index contributed by atoms with van der Waals surface area (Å²) < 4.78 is 2.19. The van der Waals surface area contributed by atoms with Crippen LogP contribution in [0.25, 0.3) is 11.0 Å². The van der Waals surface area contributed by atoms with Gasteiger partial charge >= 0.3 is 0 Å². The van der Waals surface area contributed by atoms with Gasteiger partial charge in [0.1, 0.15) is 5.82 Å². The van der Waals surface area contributed by atoms with Gasteiger partial charge in [0.15, 0.2) is 0 Å². The van der Waals surface area contributed by atoms with Crippen LogP contribution in [-0.2, 0) is 13.0 Å². The highest BCUT2D eigenvalue weighted by Crippen LogP contribution is 2.22. The molecule has 0 aliphatic carbocycles.